The molecule has 8 aromatic carbocycles. The maximum absolute atomic E-state index is 17.0. The van der Waals surface area contributed by atoms with Crippen molar-refractivity contribution >= 4 is 112 Å². The topological polar surface area (TPSA) is 194 Å². The predicted octanol–water partition coefficient (Wildman–Crippen LogP) is -13.6. The van der Waals surface area contributed by atoms with Gasteiger partial charge in [0.05, 0.1) is 0 Å². The van der Waals surface area contributed by atoms with Gasteiger partial charge < -0.3 is 65.4 Å². The third kappa shape index (κ3) is 12.1. The molecule has 12 rings (SSSR count). The van der Waals surface area contributed by atoms with Crippen molar-refractivity contribution in [3.63, 3.8) is 0 Å². The van der Waals surface area contributed by atoms with Crippen LogP contribution in [0.4, 0.5) is 0 Å². The SMILES string of the molecule is [Na+].[Na+].[Na+].[Na+].[O-]O[Si]1(c2ccccc2)O[Si]2(c3ccccc3)O[Si]([O-])(c3ccccc3)O[Si](c3ccccc3)(O[Si]3(c4ccccc4)O[Si]([O-])(c4ccccc4)O[Si](c4ccccc4)(O[Si]([O-])(c4ccccc4)O3)O2)O1. The Morgan fingerprint density at radius 3 is 0.600 bits per heavy atom. The van der Waals surface area contributed by atoms with Gasteiger partial charge in [0.15, 0.2) is 0 Å². The predicted molar refractivity (Wildman–Crippen MR) is 267 cm³/mol. The van der Waals surface area contributed by atoms with Gasteiger partial charge in [-0.3, -0.25) is 0 Å². The number of fused-ring (bicyclic) bond motifs is 4. The van der Waals surface area contributed by atoms with Crippen LogP contribution in [0, 0.1) is 0 Å². The molecule has 4 heterocycles. The average molecular weight is 1170 g/mol. The van der Waals surface area contributed by atoms with Crippen LogP contribution in [0.5, 0.6) is 0 Å². The smallest absolute Gasteiger partial charge is 0.814 e. The molecule has 0 saturated carbocycles. The molecule has 358 valence electrons. The van der Waals surface area contributed by atoms with Crippen molar-refractivity contribution < 1.29 is 184 Å². The average Bonchev–Trinajstić information content (AvgIpc) is 3.41. The summed E-state index contributed by atoms with van der Waals surface area (Å²) in [4.78, 5) is 50.8. The van der Waals surface area contributed by atoms with Crippen molar-refractivity contribution in [3.8, 4) is 0 Å². The molecule has 0 aromatic heterocycles. The Hall–Kier alpha value is -1.10. The van der Waals surface area contributed by atoms with Crippen LogP contribution >= 0.6 is 0 Å². The summed E-state index contributed by atoms with van der Waals surface area (Å²) >= 11 is 0. The summed E-state index contributed by atoms with van der Waals surface area (Å²) < 4.78 is 79.0. The van der Waals surface area contributed by atoms with Gasteiger partial charge in [0, 0.05) is 25.9 Å². The third-order valence-corrected chi connectivity index (χ3v) is 41.9. The molecule has 4 saturated heterocycles. The van der Waals surface area contributed by atoms with Gasteiger partial charge in [0.1, 0.15) is 0 Å². The normalized spacial score (nSPS) is 30.2. The van der Waals surface area contributed by atoms with Crippen LogP contribution in [0.2, 0.25) is 0 Å². The second kappa shape index (κ2) is 25.4. The molecule has 0 spiro atoms. The molecule has 4 bridgehead atoms. The fourth-order valence-electron chi connectivity index (χ4n) is 8.50. The summed E-state index contributed by atoms with van der Waals surface area (Å²) in [6, 6.07) is 65.0. The Balaban J connectivity index is 0.00000205. The van der Waals surface area contributed by atoms with Crippen molar-refractivity contribution in [2.45, 2.75) is 0 Å². The van der Waals surface area contributed by atoms with Gasteiger partial charge in [-0.05, 0) is 15.6 Å². The Morgan fingerprint density at radius 2 is 0.400 bits per heavy atom. The molecule has 0 N–H and O–H groups in total. The van der Waals surface area contributed by atoms with E-state index >= 15 is 14.4 Å². The Kier molecular flexibility index (Phi) is 20.8. The first-order chi connectivity index (χ1) is 34.5. The van der Waals surface area contributed by atoms with Crippen molar-refractivity contribution in [1.29, 1.82) is 0 Å². The molecule has 4 fully saturated rings. The summed E-state index contributed by atoms with van der Waals surface area (Å²) in [5.74, 6) is 0. The van der Waals surface area contributed by atoms with Crippen molar-refractivity contribution in [2.75, 3.05) is 0 Å². The first kappa shape index (κ1) is 61.5. The zero-order valence-corrected chi connectivity index (χ0v) is 57.2. The summed E-state index contributed by atoms with van der Waals surface area (Å²) in [6.07, 6.45) is 0. The van der Waals surface area contributed by atoms with Crippen molar-refractivity contribution in [3.05, 3.63) is 243 Å². The molecule has 0 radical (unpaired) electrons. The van der Waals surface area contributed by atoms with Gasteiger partial charge >= 0.3 is 162 Å². The molecule has 15 nitrogen and oxygen atoms in total. The summed E-state index contributed by atoms with van der Waals surface area (Å²) in [6.45, 7) is 0. The van der Waals surface area contributed by atoms with Gasteiger partial charge in [-0.15, -0.1) is 0 Å². The van der Waals surface area contributed by atoms with Gasteiger partial charge in [0.25, 0.3) is 26.4 Å². The van der Waals surface area contributed by atoms with Crippen LogP contribution in [0.15, 0.2) is 243 Å². The first-order valence-corrected chi connectivity index (χ1v) is 36.1. The van der Waals surface area contributed by atoms with E-state index in [1.54, 1.807) is 243 Å². The van der Waals surface area contributed by atoms with E-state index < -0.39 is 70.4 Å². The second-order valence-corrected chi connectivity index (χ2v) is 38.3. The van der Waals surface area contributed by atoms with Crippen LogP contribution in [0.3, 0.4) is 0 Å². The van der Waals surface area contributed by atoms with E-state index in [1.165, 1.54) is 0 Å². The van der Waals surface area contributed by atoms with E-state index in [9.17, 15) is 5.26 Å². The van der Waals surface area contributed by atoms with Gasteiger partial charge in [0.2, 0.25) is 0 Å². The standard InChI is InChI=1S/C48H41O15Si8.4Na/c49-53-67(44-31-15-4-16-32-44)60-70(47-37-21-7-22-38-47)58-66(52,43-29-13-3-14-30-43)59-71(61-67,48-39-23-8-24-40-48)63-69(46-35-19-6-20-36-46)55-64(50,41-25-9-1-10-26-41)54-68(62-70,45-33-17-5-18-34-45)56-65(51,57-69)42-27-11-2-12-28-42;;;;/h1-40,49H;;;;/q-3;4*+1/p-1. The molecule has 27 heteroatoms. The van der Waals surface area contributed by atoms with Crippen LogP contribution in [-0.4, -0.2) is 70.4 Å². The number of hydrogen-bond acceptors (Lipinski definition) is 15. The monoisotopic (exact) mass is 1170 g/mol. The minimum Gasteiger partial charge on any atom is -0.814 e. The number of benzene rings is 8. The van der Waals surface area contributed by atoms with E-state index in [4.69, 9.17) is 45.7 Å². The van der Waals surface area contributed by atoms with E-state index in [0.29, 0.717) is 0 Å². The Labute approximate surface area is 531 Å². The molecular formula is C48H40Na4O15Si8. The van der Waals surface area contributed by atoms with E-state index in [0.717, 1.165) is 0 Å². The zero-order chi connectivity index (χ0) is 48.7. The molecular weight excluding hydrogens is 1130 g/mol. The molecule has 2 atom stereocenters. The van der Waals surface area contributed by atoms with Crippen LogP contribution in [-0.2, 0) is 45.7 Å². The zero-order valence-electron chi connectivity index (χ0n) is 41.2. The molecule has 8 aromatic rings. The molecule has 4 aliphatic heterocycles. The molecule has 2 unspecified atom stereocenters. The summed E-state index contributed by atoms with van der Waals surface area (Å²) in [5, 5.41) is 14.8. The minimum atomic E-state index is -5.56. The van der Waals surface area contributed by atoms with Crippen molar-refractivity contribution in [1.82, 2.24) is 0 Å². The molecule has 0 amide bonds. The van der Waals surface area contributed by atoms with Crippen LogP contribution in [0.1, 0.15) is 0 Å². The quantitative estimate of drug-likeness (QED) is 0.0752. The van der Waals surface area contributed by atoms with E-state index in [-0.39, 0.29) is 160 Å². The Morgan fingerprint density at radius 1 is 0.227 bits per heavy atom. The molecule has 0 aliphatic carbocycles. The van der Waals surface area contributed by atoms with Crippen LogP contribution < -0.4 is 179 Å². The first-order valence-electron chi connectivity index (χ1n) is 22.4. The Bertz CT molecular complexity index is 2910. The number of rotatable bonds is 9. The van der Waals surface area contributed by atoms with E-state index in [2.05, 4.69) is 0 Å². The third-order valence-electron chi connectivity index (χ3n) is 11.8. The summed E-state index contributed by atoms with van der Waals surface area (Å²) in [5.41, 5.74) is 0. The molecule has 4 aliphatic rings. The maximum atomic E-state index is 17.0. The van der Waals surface area contributed by atoms with Gasteiger partial charge in [-0.1, -0.05) is 243 Å². The van der Waals surface area contributed by atoms with E-state index in [1.807, 2.05) is 0 Å². The number of hydrogen-bond donors (Lipinski definition) is 0. The van der Waals surface area contributed by atoms with Crippen molar-refractivity contribution in [2.24, 2.45) is 0 Å². The van der Waals surface area contributed by atoms with Crippen LogP contribution in [0.25, 0.3) is 0 Å². The fraction of sp³-hybridized carbons (Fsp3) is 0. The molecule has 75 heavy (non-hydrogen) atoms. The largest absolute Gasteiger partial charge is 1.00 e. The minimum absolute atomic E-state index is 0. The fourth-order valence-corrected chi connectivity index (χ4v) is 45.9. The van der Waals surface area contributed by atoms with Gasteiger partial charge in [-0.25, -0.2) is 0 Å². The second-order valence-electron chi connectivity index (χ2n) is 16.5. The maximum Gasteiger partial charge on any atom is 1.00 e. The summed E-state index contributed by atoms with van der Waals surface area (Å²) in [7, 11) is -44.2. The van der Waals surface area contributed by atoms with Gasteiger partial charge in [-0.2, -0.15) is 0 Å².